The second-order valence-corrected chi connectivity index (χ2v) is 3.43. The third-order valence-electron chi connectivity index (χ3n) is 1.79. The van der Waals surface area contributed by atoms with Gasteiger partial charge < -0.3 is 10.4 Å². The average molecular weight is 203 g/mol. The number of hydrogen-bond acceptors (Lipinski definition) is 4. The standard InChI is InChI=1S/C8H17N3O3/c1-4(2)6(12)8(14)10-5(3)7(13)11-9/h4-6,12H,9H2,1-3H3,(H,10,14)(H,11,13)/t5-,6-/m0/s1. The summed E-state index contributed by atoms with van der Waals surface area (Å²) in [4.78, 5) is 22.1. The highest BCUT2D eigenvalue weighted by molar-refractivity contribution is 5.88. The summed E-state index contributed by atoms with van der Waals surface area (Å²) < 4.78 is 0. The second-order valence-electron chi connectivity index (χ2n) is 3.43. The maximum absolute atomic E-state index is 11.2. The van der Waals surface area contributed by atoms with Crippen LogP contribution >= 0.6 is 0 Å². The molecule has 0 rings (SSSR count). The van der Waals surface area contributed by atoms with Gasteiger partial charge in [-0.25, -0.2) is 5.84 Å². The zero-order valence-corrected chi connectivity index (χ0v) is 8.57. The second kappa shape index (κ2) is 5.56. The van der Waals surface area contributed by atoms with Gasteiger partial charge in [-0.2, -0.15) is 0 Å². The number of carbonyl (C=O) groups is 2. The van der Waals surface area contributed by atoms with Crippen LogP contribution in [0.2, 0.25) is 0 Å². The van der Waals surface area contributed by atoms with E-state index in [1.807, 2.05) is 5.43 Å². The van der Waals surface area contributed by atoms with Crippen molar-refractivity contribution in [1.29, 1.82) is 0 Å². The molecule has 0 spiro atoms. The fourth-order valence-corrected chi connectivity index (χ4v) is 0.792. The molecule has 0 aliphatic carbocycles. The number of amides is 2. The van der Waals surface area contributed by atoms with Gasteiger partial charge in [0.05, 0.1) is 0 Å². The SMILES string of the molecule is CC(C)[C@H](O)C(=O)N[C@@H](C)C(=O)NN. The minimum atomic E-state index is -1.11. The van der Waals surface area contributed by atoms with Crippen LogP contribution in [0, 0.1) is 5.92 Å². The van der Waals surface area contributed by atoms with Crippen LogP contribution in [0.3, 0.4) is 0 Å². The molecule has 0 unspecified atom stereocenters. The lowest BCUT2D eigenvalue weighted by Gasteiger charge is -2.17. The van der Waals surface area contributed by atoms with E-state index in [4.69, 9.17) is 5.84 Å². The average Bonchev–Trinajstić information content (AvgIpc) is 2.14. The molecule has 2 atom stereocenters. The van der Waals surface area contributed by atoms with Gasteiger partial charge in [0.1, 0.15) is 12.1 Å². The molecule has 0 saturated carbocycles. The van der Waals surface area contributed by atoms with Crippen molar-refractivity contribution in [3.8, 4) is 0 Å². The largest absolute Gasteiger partial charge is 0.383 e. The summed E-state index contributed by atoms with van der Waals surface area (Å²) >= 11 is 0. The van der Waals surface area contributed by atoms with E-state index in [0.717, 1.165) is 0 Å². The normalized spacial score (nSPS) is 14.7. The third-order valence-corrected chi connectivity index (χ3v) is 1.79. The Morgan fingerprint density at radius 2 is 1.71 bits per heavy atom. The zero-order chi connectivity index (χ0) is 11.3. The molecule has 0 heterocycles. The molecule has 0 radical (unpaired) electrons. The Balaban J connectivity index is 4.12. The zero-order valence-electron chi connectivity index (χ0n) is 8.57. The maximum atomic E-state index is 11.2. The highest BCUT2D eigenvalue weighted by Gasteiger charge is 2.22. The predicted octanol–water partition coefficient (Wildman–Crippen LogP) is -1.50. The summed E-state index contributed by atoms with van der Waals surface area (Å²) in [6.07, 6.45) is -1.11. The molecular weight excluding hydrogens is 186 g/mol. The van der Waals surface area contributed by atoms with Crippen molar-refractivity contribution in [3.63, 3.8) is 0 Å². The van der Waals surface area contributed by atoms with E-state index in [0.29, 0.717) is 0 Å². The van der Waals surface area contributed by atoms with E-state index in [2.05, 4.69) is 5.32 Å². The van der Waals surface area contributed by atoms with Crippen LogP contribution in [-0.4, -0.2) is 29.1 Å². The van der Waals surface area contributed by atoms with Crippen LogP contribution in [0.15, 0.2) is 0 Å². The number of hydrogen-bond donors (Lipinski definition) is 4. The topological polar surface area (TPSA) is 104 Å². The molecule has 0 aromatic carbocycles. The van der Waals surface area contributed by atoms with E-state index in [9.17, 15) is 14.7 Å². The van der Waals surface area contributed by atoms with E-state index < -0.39 is 24.0 Å². The summed E-state index contributed by atoms with van der Waals surface area (Å²) in [6, 6.07) is -0.749. The van der Waals surface area contributed by atoms with Gasteiger partial charge in [0, 0.05) is 0 Å². The minimum Gasteiger partial charge on any atom is -0.383 e. The Morgan fingerprint density at radius 1 is 1.21 bits per heavy atom. The number of hydrazine groups is 1. The molecule has 2 amide bonds. The van der Waals surface area contributed by atoms with Crippen LogP contribution in [-0.2, 0) is 9.59 Å². The molecule has 0 saturated heterocycles. The first-order valence-corrected chi connectivity index (χ1v) is 4.39. The molecule has 82 valence electrons. The first-order valence-electron chi connectivity index (χ1n) is 4.39. The van der Waals surface area contributed by atoms with Crippen LogP contribution in [0.25, 0.3) is 0 Å². The lowest BCUT2D eigenvalue weighted by atomic mass is 10.1. The number of nitrogens with one attached hydrogen (secondary N) is 2. The van der Waals surface area contributed by atoms with Crippen molar-refractivity contribution in [3.05, 3.63) is 0 Å². The molecule has 5 N–H and O–H groups in total. The van der Waals surface area contributed by atoms with Crippen LogP contribution in [0.4, 0.5) is 0 Å². The van der Waals surface area contributed by atoms with Crippen molar-refractivity contribution in [2.24, 2.45) is 11.8 Å². The van der Waals surface area contributed by atoms with Gasteiger partial charge in [-0.1, -0.05) is 13.8 Å². The summed E-state index contributed by atoms with van der Waals surface area (Å²) in [7, 11) is 0. The predicted molar refractivity (Wildman–Crippen MR) is 50.8 cm³/mol. The summed E-state index contributed by atoms with van der Waals surface area (Å²) in [5.74, 6) is 3.60. The van der Waals surface area contributed by atoms with Gasteiger partial charge >= 0.3 is 0 Å². The van der Waals surface area contributed by atoms with Gasteiger partial charge in [-0.05, 0) is 12.8 Å². The lowest BCUT2D eigenvalue weighted by Crippen LogP contribution is -2.50. The van der Waals surface area contributed by atoms with E-state index in [1.54, 1.807) is 13.8 Å². The Hall–Kier alpha value is -1.14. The van der Waals surface area contributed by atoms with Crippen molar-refractivity contribution >= 4 is 11.8 Å². The van der Waals surface area contributed by atoms with Crippen molar-refractivity contribution in [1.82, 2.24) is 10.7 Å². The fourth-order valence-electron chi connectivity index (χ4n) is 0.792. The van der Waals surface area contributed by atoms with Gasteiger partial charge in [-0.3, -0.25) is 15.0 Å². The van der Waals surface area contributed by atoms with Crippen LogP contribution in [0.1, 0.15) is 20.8 Å². The maximum Gasteiger partial charge on any atom is 0.256 e. The summed E-state index contributed by atoms with van der Waals surface area (Å²) in [5.41, 5.74) is 1.90. The molecule has 6 nitrogen and oxygen atoms in total. The summed E-state index contributed by atoms with van der Waals surface area (Å²) in [5, 5.41) is 11.7. The first-order chi connectivity index (χ1) is 6.40. The van der Waals surface area contributed by atoms with Gasteiger partial charge in [-0.15, -0.1) is 0 Å². The highest BCUT2D eigenvalue weighted by Crippen LogP contribution is 2.00. The molecule has 6 heteroatoms. The van der Waals surface area contributed by atoms with Crippen LogP contribution < -0.4 is 16.6 Å². The monoisotopic (exact) mass is 203 g/mol. The molecule has 0 aliphatic heterocycles. The molecule has 0 aromatic heterocycles. The van der Waals surface area contributed by atoms with E-state index >= 15 is 0 Å². The molecular formula is C8H17N3O3. The molecule has 0 bridgehead atoms. The van der Waals surface area contributed by atoms with Crippen molar-refractivity contribution in [2.75, 3.05) is 0 Å². The molecule has 0 fully saturated rings. The summed E-state index contributed by atoms with van der Waals surface area (Å²) in [6.45, 7) is 4.89. The molecule has 14 heavy (non-hydrogen) atoms. The number of nitrogens with two attached hydrogens (primary N) is 1. The van der Waals surface area contributed by atoms with Crippen molar-refractivity contribution in [2.45, 2.75) is 32.9 Å². The first kappa shape index (κ1) is 12.9. The Bertz CT molecular complexity index is 218. The smallest absolute Gasteiger partial charge is 0.256 e. The van der Waals surface area contributed by atoms with Gasteiger partial charge in [0.2, 0.25) is 5.91 Å². The van der Waals surface area contributed by atoms with Crippen LogP contribution in [0.5, 0.6) is 0 Å². The van der Waals surface area contributed by atoms with Gasteiger partial charge in [0.25, 0.3) is 5.91 Å². The lowest BCUT2D eigenvalue weighted by molar-refractivity contribution is -0.135. The third kappa shape index (κ3) is 3.71. The highest BCUT2D eigenvalue weighted by atomic mass is 16.3. The fraction of sp³-hybridized carbons (Fsp3) is 0.750. The van der Waals surface area contributed by atoms with Gasteiger partial charge in [0.15, 0.2) is 0 Å². The number of aliphatic hydroxyl groups is 1. The number of carbonyl (C=O) groups excluding carboxylic acids is 2. The van der Waals surface area contributed by atoms with E-state index in [-0.39, 0.29) is 5.92 Å². The van der Waals surface area contributed by atoms with Crippen molar-refractivity contribution < 1.29 is 14.7 Å². The quantitative estimate of drug-likeness (QED) is 0.253. The number of rotatable bonds is 4. The molecule has 0 aliphatic rings. The Morgan fingerprint density at radius 3 is 2.07 bits per heavy atom. The Kier molecular flexibility index (Phi) is 5.11. The minimum absolute atomic E-state index is 0.192. The molecule has 0 aromatic rings. The number of aliphatic hydroxyl groups excluding tert-OH is 1. The van der Waals surface area contributed by atoms with E-state index in [1.165, 1.54) is 6.92 Å². The Labute approximate surface area is 82.8 Å².